The summed E-state index contributed by atoms with van der Waals surface area (Å²) in [5.74, 6) is 0. The molecule has 0 saturated carbocycles. The molecule has 9 aromatic rings. The first-order chi connectivity index (χ1) is 30.8. The van der Waals surface area contributed by atoms with E-state index in [2.05, 4.69) is 109 Å². The lowest BCUT2D eigenvalue weighted by molar-refractivity contribution is 0.591. The van der Waals surface area contributed by atoms with Crippen LogP contribution in [0, 0.1) is 0 Å². The summed E-state index contributed by atoms with van der Waals surface area (Å²) in [6.07, 6.45) is 3.98. The summed E-state index contributed by atoms with van der Waals surface area (Å²) >= 11 is 0. The molecule has 8 aromatic carbocycles. The van der Waals surface area contributed by atoms with Crippen molar-refractivity contribution < 1.29 is 9.13 Å². The number of hydrogen-bond acceptors (Lipinski definition) is 4. The van der Waals surface area contributed by atoms with Crippen LogP contribution in [-0.4, -0.2) is 4.98 Å². The fourth-order valence-corrected chi connectivity index (χ4v) is 15.3. The predicted octanol–water partition coefficient (Wildman–Crippen LogP) is 11.7. The van der Waals surface area contributed by atoms with Crippen LogP contribution in [0.4, 0.5) is 17.1 Å². The third-order valence-electron chi connectivity index (χ3n) is 12.6. The topological polar surface area (TPSA) is 50.3 Å². The van der Waals surface area contributed by atoms with Crippen LogP contribution in [0.2, 0.25) is 0 Å². The number of nitrogens with zero attached hydrogens (tertiary/aromatic N) is 2. The first-order valence-electron chi connectivity index (χ1n) is 21.4. The standard InChI is InChI=1S/C57H46N2O2P2/c1-57(2)51-29-11-13-31-53(51)59(54-32-14-12-30-52(54)57)46-22-18-28-50(41-46)63(61,48-25-7-4-8-26-48)56-34-16-10-20-45(56)39-44-19-9-15-33-55(44)62(60,47-23-5-3-6-24-47)49-27-17-21-43(40-49)42-35-37-58-38-36-42/h3-38,40-41H,39H2,1-2H3. The average Bonchev–Trinajstić information content (AvgIpc) is 3.35. The van der Waals surface area contributed by atoms with E-state index in [0.29, 0.717) is 6.42 Å². The number of rotatable bonds is 10. The number of hydrogen-bond donors (Lipinski definition) is 0. The Morgan fingerprint density at radius 2 is 0.873 bits per heavy atom. The third-order valence-corrected chi connectivity index (χ3v) is 18.9. The monoisotopic (exact) mass is 852 g/mol. The van der Waals surface area contributed by atoms with Gasteiger partial charge in [-0.25, -0.2) is 0 Å². The predicted molar refractivity (Wildman–Crippen MR) is 265 cm³/mol. The van der Waals surface area contributed by atoms with Crippen molar-refractivity contribution >= 4 is 63.2 Å². The van der Waals surface area contributed by atoms with Crippen LogP contribution in [0.3, 0.4) is 0 Å². The molecule has 0 N–H and O–H groups in total. The number of benzene rings is 8. The number of fused-ring (bicyclic) bond motifs is 2. The summed E-state index contributed by atoms with van der Waals surface area (Å²) in [6, 6.07) is 73.5. The van der Waals surface area contributed by atoms with E-state index in [4.69, 9.17) is 0 Å². The van der Waals surface area contributed by atoms with Gasteiger partial charge in [0.2, 0.25) is 0 Å². The minimum atomic E-state index is -3.54. The molecule has 10 rings (SSSR count). The highest BCUT2D eigenvalue weighted by atomic mass is 31.2. The number of para-hydroxylation sites is 2. The molecule has 1 aromatic heterocycles. The fourth-order valence-electron chi connectivity index (χ4n) is 9.47. The van der Waals surface area contributed by atoms with Crippen molar-refractivity contribution in [1.29, 1.82) is 0 Å². The summed E-state index contributed by atoms with van der Waals surface area (Å²) in [7, 11) is -6.98. The van der Waals surface area contributed by atoms with E-state index in [0.717, 1.165) is 71.1 Å². The first-order valence-corrected chi connectivity index (χ1v) is 24.8. The molecule has 0 saturated heterocycles. The van der Waals surface area contributed by atoms with E-state index in [1.165, 1.54) is 11.1 Å². The van der Waals surface area contributed by atoms with Crippen LogP contribution in [0.15, 0.2) is 231 Å². The average molecular weight is 853 g/mol. The summed E-state index contributed by atoms with van der Waals surface area (Å²) in [5, 5.41) is 4.53. The smallest absolute Gasteiger partial charge is 0.171 e. The van der Waals surface area contributed by atoms with Crippen LogP contribution in [0.25, 0.3) is 11.1 Å². The maximum Gasteiger partial charge on any atom is 0.171 e. The summed E-state index contributed by atoms with van der Waals surface area (Å²) in [5.41, 5.74) is 9.25. The van der Waals surface area contributed by atoms with Crippen molar-refractivity contribution in [3.8, 4) is 11.1 Å². The Morgan fingerprint density at radius 1 is 0.429 bits per heavy atom. The van der Waals surface area contributed by atoms with Crippen LogP contribution in [-0.2, 0) is 21.0 Å². The van der Waals surface area contributed by atoms with Gasteiger partial charge in [-0.1, -0.05) is 190 Å². The van der Waals surface area contributed by atoms with Crippen LogP contribution in [0.1, 0.15) is 36.1 Å². The highest BCUT2D eigenvalue weighted by molar-refractivity contribution is 7.86. The lowest BCUT2D eigenvalue weighted by Gasteiger charge is -2.42. The van der Waals surface area contributed by atoms with Gasteiger partial charge in [0.05, 0.1) is 11.4 Å². The van der Waals surface area contributed by atoms with Gasteiger partial charge in [0.1, 0.15) is 0 Å². The number of aromatic nitrogens is 1. The van der Waals surface area contributed by atoms with E-state index in [-0.39, 0.29) is 5.41 Å². The van der Waals surface area contributed by atoms with Gasteiger partial charge in [-0.05, 0) is 82.3 Å². The lowest BCUT2D eigenvalue weighted by atomic mass is 9.73. The van der Waals surface area contributed by atoms with Crippen molar-refractivity contribution in [2.45, 2.75) is 25.7 Å². The SMILES string of the molecule is CC1(C)c2ccccc2N(c2cccc(P(=O)(c3ccccc3)c3ccccc3Cc3ccccc3P(=O)(c3ccccc3)c3cccc(-c4ccncc4)c3)c2)c2ccccc21. The van der Waals surface area contributed by atoms with Gasteiger partial charge in [-0.3, -0.25) is 4.98 Å². The molecular formula is C57H46N2O2P2. The van der Waals surface area contributed by atoms with Crippen molar-refractivity contribution in [3.05, 3.63) is 253 Å². The van der Waals surface area contributed by atoms with E-state index >= 15 is 9.13 Å². The van der Waals surface area contributed by atoms with E-state index in [1.807, 2.05) is 133 Å². The minimum absolute atomic E-state index is 0.206. The normalized spacial score (nSPS) is 14.7. The molecule has 63 heavy (non-hydrogen) atoms. The Kier molecular flexibility index (Phi) is 10.5. The summed E-state index contributed by atoms with van der Waals surface area (Å²) < 4.78 is 32.9. The van der Waals surface area contributed by atoms with Gasteiger partial charge in [-0.2, -0.15) is 0 Å². The molecule has 6 heteroatoms. The number of pyridine rings is 1. The Labute approximate surface area is 370 Å². The first kappa shape index (κ1) is 40.3. The van der Waals surface area contributed by atoms with Gasteiger partial charge >= 0.3 is 0 Å². The Balaban J connectivity index is 1.12. The van der Waals surface area contributed by atoms with Gasteiger partial charge < -0.3 is 14.0 Å². The molecule has 0 amide bonds. The third kappa shape index (κ3) is 7.01. The second-order valence-corrected chi connectivity index (χ2v) is 22.1. The highest BCUT2D eigenvalue weighted by Crippen LogP contribution is 2.53. The van der Waals surface area contributed by atoms with Crippen molar-refractivity contribution in [2.24, 2.45) is 0 Å². The molecule has 306 valence electrons. The molecule has 4 nitrogen and oxygen atoms in total. The quantitative estimate of drug-likeness (QED) is 0.129. The second kappa shape index (κ2) is 16.5. The van der Waals surface area contributed by atoms with Crippen molar-refractivity contribution in [2.75, 3.05) is 4.90 Å². The molecule has 0 radical (unpaired) electrons. The molecule has 0 fully saturated rings. The zero-order chi connectivity index (χ0) is 43.0. The van der Waals surface area contributed by atoms with Crippen molar-refractivity contribution in [1.82, 2.24) is 4.98 Å². The zero-order valence-electron chi connectivity index (χ0n) is 35.3. The van der Waals surface area contributed by atoms with Gasteiger partial charge in [0.15, 0.2) is 14.3 Å². The van der Waals surface area contributed by atoms with E-state index in [9.17, 15) is 0 Å². The van der Waals surface area contributed by atoms with E-state index in [1.54, 1.807) is 12.4 Å². The zero-order valence-corrected chi connectivity index (χ0v) is 37.0. The molecule has 0 aliphatic carbocycles. The lowest BCUT2D eigenvalue weighted by Crippen LogP contribution is -2.32. The van der Waals surface area contributed by atoms with E-state index < -0.39 is 14.3 Å². The molecule has 0 spiro atoms. The van der Waals surface area contributed by atoms with Gasteiger partial charge in [-0.15, -0.1) is 0 Å². The molecule has 0 bridgehead atoms. The van der Waals surface area contributed by atoms with Crippen molar-refractivity contribution in [3.63, 3.8) is 0 Å². The molecule has 2 atom stereocenters. The van der Waals surface area contributed by atoms with Crippen LogP contribution in [0.5, 0.6) is 0 Å². The largest absolute Gasteiger partial charge is 0.310 e. The Morgan fingerprint density at radius 3 is 1.43 bits per heavy atom. The molecular weight excluding hydrogens is 807 g/mol. The highest BCUT2D eigenvalue weighted by Gasteiger charge is 2.38. The van der Waals surface area contributed by atoms with Gasteiger partial charge in [0.25, 0.3) is 0 Å². The summed E-state index contributed by atoms with van der Waals surface area (Å²) in [4.78, 5) is 6.54. The number of anilines is 3. The Bertz CT molecular complexity index is 3150. The summed E-state index contributed by atoms with van der Waals surface area (Å²) in [6.45, 7) is 4.57. The second-order valence-electron chi connectivity index (χ2n) is 16.6. The maximum atomic E-state index is 16.7. The molecule has 2 heterocycles. The Hall–Kier alpha value is -6.83. The minimum Gasteiger partial charge on any atom is -0.310 e. The molecule has 1 aliphatic rings. The van der Waals surface area contributed by atoms with Crippen LogP contribution >= 0.6 is 14.3 Å². The van der Waals surface area contributed by atoms with Gasteiger partial charge in [0, 0.05) is 55.3 Å². The molecule has 2 unspecified atom stereocenters. The fraction of sp³-hybridized carbons (Fsp3) is 0.0702. The molecule has 1 aliphatic heterocycles. The van der Waals surface area contributed by atoms with Crippen LogP contribution < -0.4 is 36.7 Å². The maximum absolute atomic E-state index is 16.7.